The van der Waals surface area contributed by atoms with Crippen LogP contribution in [0.4, 0.5) is 4.39 Å². The predicted octanol–water partition coefficient (Wildman–Crippen LogP) is 3.03. The Hall–Kier alpha value is -1.42. The van der Waals surface area contributed by atoms with Crippen molar-refractivity contribution in [1.29, 1.82) is 0 Å². The third kappa shape index (κ3) is 2.64. The van der Waals surface area contributed by atoms with Gasteiger partial charge in [0.05, 0.1) is 6.04 Å². The molecule has 0 amide bonds. The standard InChI is InChI=1S/C13H12ClFN2/c14-12-7-2-1-6-11(12)13(17-16)9-4-3-5-10(15)8-9/h1-8,13,17H,16H2. The van der Waals surface area contributed by atoms with Crippen molar-refractivity contribution in [2.45, 2.75) is 6.04 Å². The average molecular weight is 251 g/mol. The normalized spacial score (nSPS) is 12.4. The molecule has 1 unspecified atom stereocenters. The zero-order chi connectivity index (χ0) is 12.3. The molecule has 0 aliphatic heterocycles. The van der Waals surface area contributed by atoms with Crippen molar-refractivity contribution in [3.05, 3.63) is 70.5 Å². The molecule has 2 aromatic carbocycles. The summed E-state index contributed by atoms with van der Waals surface area (Å²) in [5.74, 6) is 5.23. The van der Waals surface area contributed by atoms with E-state index in [2.05, 4.69) is 5.43 Å². The van der Waals surface area contributed by atoms with Crippen LogP contribution in [0.5, 0.6) is 0 Å². The zero-order valence-corrected chi connectivity index (χ0v) is 9.79. The molecule has 1 atom stereocenters. The van der Waals surface area contributed by atoms with Crippen LogP contribution in [0.15, 0.2) is 48.5 Å². The lowest BCUT2D eigenvalue weighted by Crippen LogP contribution is -2.29. The van der Waals surface area contributed by atoms with Crippen LogP contribution in [0.3, 0.4) is 0 Å². The van der Waals surface area contributed by atoms with Crippen LogP contribution in [0, 0.1) is 5.82 Å². The average Bonchev–Trinajstić information content (AvgIpc) is 2.33. The summed E-state index contributed by atoms with van der Waals surface area (Å²) in [5.41, 5.74) is 4.21. The molecule has 88 valence electrons. The molecule has 2 rings (SSSR count). The van der Waals surface area contributed by atoms with E-state index >= 15 is 0 Å². The Bertz CT molecular complexity index is 516. The van der Waals surface area contributed by atoms with Gasteiger partial charge in [-0.2, -0.15) is 0 Å². The van der Waals surface area contributed by atoms with Gasteiger partial charge in [0.1, 0.15) is 5.82 Å². The molecule has 4 heteroatoms. The molecular formula is C13H12ClFN2. The summed E-state index contributed by atoms with van der Waals surface area (Å²) >= 11 is 6.10. The fourth-order valence-electron chi connectivity index (χ4n) is 1.76. The number of benzene rings is 2. The second-order valence-electron chi connectivity index (χ2n) is 3.68. The van der Waals surface area contributed by atoms with Gasteiger partial charge in [-0.15, -0.1) is 0 Å². The Morgan fingerprint density at radius 2 is 1.88 bits per heavy atom. The van der Waals surface area contributed by atoms with E-state index in [4.69, 9.17) is 17.4 Å². The van der Waals surface area contributed by atoms with Crippen LogP contribution in [0.25, 0.3) is 0 Å². The van der Waals surface area contributed by atoms with Crippen LogP contribution in [-0.2, 0) is 0 Å². The zero-order valence-electron chi connectivity index (χ0n) is 9.03. The second kappa shape index (κ2) is 5.27. The summed E-state index contributed by atoms with van der Waals surface area (Å²) in [4.78, 5) is 0. The van der Waals surface area contributed by atoms with Gasteiger partial charge in [0, 0.05) is 5.02 Å². The maximum absolute atomic E-state index is 13.2. The van der Waals surface area contributed by atoms with Gasteiger partial charge >= 0.3 is 0 Å². The largest absolute Gasteiger partial charge is 0.271 e. The van der Waals surface area contributed by atoms with Crippen molar-refractivity contribution in [2.75, 3.05) is 0 Å². The van der Waals surface area contributed by atoms with Crippen LogP contribution in [-0.4, -0.2) is 0 Å². The van der Waals surface area contributed by atoms with Gasteiger partial charge in [-0.1, -0.05) is 41.9 Å². The first-order valence-corrected chi connectivity index (χ1v) is 5.56. The molecule has 0 heterocycles. The lowest BCUT2D eigenvalue weighted by atomic mass is 9.99. The summed E-state index contributed by atoms with van der Waals surface area (Å²) in [5, 5.41) is 0.597. The van der Waals surface area contributed by atoms with Crippen molar-refractivity contribution < 1.29 is 4.39 Å². The van der Waals surface area contributed by atoms with Gasteiger partial charge < -0.3 is 0 Å². The highest BCUT2D eigenvalue weighted by atomic mass is 35.5. The Balaban J connectivity index is 2.44. The molecule has 0 bridgehead atoms. The molecule has 0 aliphatic rings. The van der Waals surface area contributed by atoms with Crippen molar-refractivity contribution in [3.63, 3.8) is 0 Å². The molecule has 0 saturated heterocycles. The quantitative estimate of drug-likeness (QED) is 0.649. The summed E-state index contributed by atoms with van der Waals surface area (Å²) in [6, 6.07) is 13.3. The minimum absolute atomic E-state index is 0.296. The first-order valence-electron chi connectivity index (χ1n) is 5.18. The summed E-state index contributed by atoms with van der Waals surface area (Å²) in [6.07, 6.45) is 0. The van der Waals surface area contributed by atoms with Crippen molar-refractivity contribution >= 4 is 11.6 Å². The number of nitrogens with two attached hydrogens (primary N) is 1. The Morgan fingerprint density at radius 1 is 1.12 bits per heavy atom. The van der Waals surface area contributed by atoms with E-state index in [1.807, 2.05) is 18.2 Å². The fraction of sp³-hybridized carbons (Fsp3) is 0.0769. The summed E-state index contributed by atoms with van der Waals surface area (Å²) < 4.78 is 13.2. The molecule has 2 aromatic rings. The second-order valence-corrected chi connectivity index (χ2v) is 4.08. The number of halogens is 2. The molecule has 0 fully saturated rings. The van der Waals surface area contributed by atoms with Crippen LogP contribution in [0.1, 0.15) is 17.2 Å². The number of rotatable bonds is 3. The highest BCUT2D eigenvalue weighted by Gasteiger charge is 2.15. The molecule has 2 nitrogen and oxygen atoms in total. The summed E-state index contributed by atoms with van der Waals surface area (Å²) in [6.45, 7) is 0. The van der Waals surface area contributed by atoms with E-state index in [-0.39, 0.29) is 11.9 Å². The van der Waals surface area contributed by atoms with Crippen LogP contribution >= 0.6 is 11.6 Å². The molecule has 3 N–H and O–H groups in total. The third-order valence-corrected chi connectivity index (χ3v) is 2.91. The Kier molecular flexibility index (Phi) is 3.74. The predicted molar refractivity (Wildman–Crippen MR) is 67.0 cm³/mol. The van der Waals surface area contributed by atoms with E-state index < -0.39 is 0 Å². The topological polar surface area (TPSA) is 38.0 Å². The number of hydrazine groups is 1. The van der Waals surface area contributed by atoms with Crippen LogP contribution in [0.2, 0.25) is 5.02 Å². The monoisotopic (exact) mass is 250 g/mol. The van der Waals surface area contributed by atoms with Crippen molar-refractivity contribution in [2.24, 2.45) is 5.84 Å². The molecule has 0 saturated carbocycles. The van der Waals surface area contributed by atoms with E-state index in [0.717, 1.165) is 11.1 Å². The Morgan fingerprint density at radius 3 is 2.53 bits per heavy atom. The van der Waals surface area contributed by atoms with Crippen molar-refractivity contribution in [1.82, 2.24) is 5.43 Å². The van der Waals surface area contributed by atoms with E-state index in [9.17, 15) is 4.39 Å². The van der Waals surface area contributed by atoms with Gasteiger partial charge in [-0.25, -0.2) is 9.82 Å². The SMILES string of the molecule is NNC(c1cccc(F)c1)c1ccccc1Cl. The lowest BCUT2D eigenvalue weighted by molar-refractivity contribution is 0.605. The minimum atomic E-state index is -0.320. The first-order chi connectivity index (χ1) is 8.22. The van der Waals surface area contributed by atoms with Crippen molar-refractivity contribution in [3.8, 4) is 0 Å². The summed E-state index contributed by atoms with van der Waals surface area (Å²) in [7, 11) is 0. The fourth-order valence-corrected chi connectivity index (χ4v) is 2.01. The molecule has 0 aromatic heterocycles. The van der Waals surface area contributed by atoms with Gasteiger partial charge in [-0.3, -0.25) is 5.84 Å². The third-order valence-electron chi connectivity index (χ3n) is 2.56. The maximum atomic E-state index is 13.2. The van der Waals surface area contributed by atoms with Gasteiger partial charge in [0.15, 0.2) is 0 Å². The number of hydrogen-bond donors (Lipinski definition) is 2. The van der Waals surface area contributed by atoms with E-state index in [1.54, 1.807) is 18.2 Å². The highest BCUT2D eigenvalue weighted by molar-refractivity contribution is 6.31. The highest BCUT2D eigenvalue weighted by Crippen LogP contribution is 2.27. The lowest BCUT2D eigenvalue weighted by Gasteiger charge is -2.18. The van der Waals surface area contributed by atoms with Gasteiger partial charge in [-0.05, 0) is 29.3 Å². The number of nitrogens with one attached hydrogen (secondary N) is 1. The van der Waals surface area contributed by atoms with Crippen LogP contribution < -0.4 is 11.3 Å². The first kappa shape index (κ1) is 12.0. The molecule has 0 aliphatic carbocycles. The van der Waals surface area contributed by atoms with Gasteiger partial charge in [0.25, 0.3) is 0 Å². The molecule has 0 spiro atoms. The molecule has 17 heavy (non-hydrogen) atoms. The van der Waals surface area contributed by atoms with E-state index in [0.29, 0.717) is 5.02 Å². The number of hydrogen-bond acceptors (Lipinski definition) is 2. The smallest absolute Gasteiger partial charge is 0.123 e. The minimum Gasteiger partial charge on any atom is -0.271 e. The molecular weight excluding hydrogens is 239 g/mol. The molecule has 0 radical (unpaired) electrons. The van der Waals surface area contributed by atoms with E-state index in [1.165, 1.54) is 12.1 Å². The van der Waals surface area contributed by atoms with Gasteiger partial charge in [0.2, 0.25) is 0 Å². The Labute approximate surface area is 104 Å². The maximum Gasteiger partial charge on any atom is 0.123 e.